The van der Waals surface area contributed by atoms with Gasteiger partial charge in [-0.2, -0.15) is 0 Å². The first-order valence-electron chi connectivity index (χ1n) is 11.9. The minimum atomic E-state index is -1.59. The predicted molar refractivity (Wildman–Crippen MR) is 132 cm³/mol. The summed E-state index contributed by atoms with van der Waals surface area (Å²) in [7, 11) is 0. The van der Waals surface area contributed by atoms with Crippen molar-refractivity contribution >= 4 is 23.2 Å². The van der Waals surface area contributed by atoms with E-state index >= 15 is 8.78 Å². The van der Waals surface area contributed by atoms with Crippen molar-refractivity contribution in [3.8, 4) is 16.9 Å². The van der Waals surface area contributed by atoms with E-state index in [4.69, 9.17) is 15.2 Å². The summed E-state index contributed by atoms with van der Waals surface area (Å²) in [5.74, 6) is -2.06. The number of rotatable bonds is 6. The molecule has 38 heavy (non-hydrogen) atoms. The lowest BCUT2D eigenvalue weighted by Gasteiger charge is -2.31. The zero-order chi connectivity index (χ0) is 27.1. The number of hydrogen-bond acceptors (Lipinski definition) is 9. The van der Waals surface area contributed by atoms with Gasteiger partial charge in [0.05, 0.1) is 22.6 Å². The number of esters is 1. The molecule has 5 rings (SSSR count). The maximum atomic E-state index is 15.3. The van der Waals surface area contributed by atoms with E-state index in [1.807, 2.05) is 0 Å². The Morgan fingerprint density at radius 3 is 2.74 bits per heavy atom. The summed E-state index contributed by atoms with van der Waals surface area (Å²) < 4.78 is 41.4. The molecule has 10 nitrogen and oxygen atoms in total. The molecule has 1 saturated carbocycles. The number of nitrogen functional groups attached to an aromatic ring is 1. The molecular formula is C26H24F2N4O6. The molecule has 2 aliphatic rings. The van der Waals surface area contributed by atoms with E-state index in [-0.39, 0.29) is 58.6 Å². The highest BCUT2D eigenvalue weighted by Gasteiger charge is 2.34. The molecule has 0 radical (unpaired) electrons. The van der Waals surface area contributed by atoms with Gasteiger partial charge in [0.2, 0.25) is 5.82 Å². The van der Waals surface area contributed by atoms with Gasteiger partial charge in [0.1, 0.15) is 30.6 Å². The van der Waals surface area contributed by atoms with Crippen LogP contribution in [0.4, 0.5) is 26.0 Å². The number of aliphatic hydroxyl groups excluding tert-OH is 1. The van der Waals surface area contributed by atoms with E-state index in [1.165, 1.54) is 30.2 Å². The predicted octanol–water partition coefficient (Wildman–Crippen LogP) is 4.35. The highest BCUT2D eigenvalue weighted by Crippen LogP contribution is 2.46. The van der Waals surface area contributed by atoms with Gasteiger partial charge in [-0.25, -0.2) is 13.8 Å². The first-order chi connectivity index (χ1) is 18.2. The first kappa shape index (κ1) is 25.3. The maximum absolute atomic E-state index is 15.3. The van der Waals surface area contributed by atoms with Gasteiger partial charge in [-0.15, -0.1) is 0 Å². The molecule has 2 heterocycles. The van der Waals surface area contributed by atoms with E-state index in [9.17, 15) is 20.0 Å². The van der Waals surface area contributed by atoms with Crippen molar-refractivity contribution in [2.24, 2.45) is 0 Å². The molecule has 0 amide bonds. The van der Waals surface area contributed by atoms with Crippen molar-refractivity contribution < 1.29 is 33.1 Å². The number of nitro groups is 1. The van der Waals surface area contributed by atoms with Gasteiger partial charge in [0, 0.05) is 29.9 Å². The lowest BCUT2D eigenvalue weighted by atomic mass is 9.96. The van der Waals surface area contributed by atoms with Gasteiger partial charge in [0.25, 0.3) is 0 Å². The van der Waals surface area contributed by atoms with Gasteiger partial charge in [-0.05, 0) is 54.7 Å². The lowest BCUT2D eigenvalue weighted by Crippen LogP contribution is -2.32. The van der Waals surface area contributed by atoms with Crippen LogP contribution in [0.25, 0.3) is 11.1 Å². The van der Waals surface area contributed by atoms with Crippen LogP contribution in [-0.2, 0) is 16.1 Å². The van der Waals surface area contributed by atoms with Crippen LogP contribution in [0.15, 0.2) is 36.5 Å². The molecule has 1 aliphatic heterocycles. The third kappa shape index (κ3) is 4.70. The number of carbonyl (C=O) groups is 1. The SMILES string of the molecule is CC(=O)OCc1c(-c2ccnc(N)c2[N+](=O)[O-])cc(F)cc1N1CCOc2cc(C3CC3)cc(F)c2C1O. The van der Waals surface area contributed by atoms with Gasteiger partial charge < -0.3 is 25.2 Å². The van der Waals surface area contributed by atoms with Crippen LogP contribution < -0.4 is 15.4 Å². The number of nitrogens with two attached hydrogens (primary N) is 1. The van der Waals surface area contributed by atoms with Crippen molar-refractivity contribution in [1.82, 2.24) is 4.98 Å². The largest absolute Gasteiger partial charge is 0.491 e. The Morgan fingerprint density at radius 1 is 1.29 bits per heavy atom. The summed E-state index contributed by atoms with van der Waals surface area (Å²) in [5.41, 5.74) is 6.00. The molecule has 2 aromatic carbocycles. The number of aromatic nitrogens is 1. The molecule has 0 saturated heterocycles. The molecule has 1 unspecified atom stereocenters. The molecule has 3 aromatic rings. The molecule has 1 fully saturated rings. The van der Waals surface area contributed by atoms with Crippen molar-refractivity contribution in [3.63, 3.8) is 0 Å². The van der Waals surface area contributed by atoms with E-state index < -0.39 is 41.0 Å². The molecule has 198 valence electrons. The maximum Gasteiger partial charge on any atom is 0.318 e. The van der Waals surface area contributed by atoms with Gasteiger partial charge >= 0.3 is 11.7 Å². The Hall–Kier alpha value is -4.32. The van der Waals surface area contributed by atoms with Crippen molar-refractivity contribution in [2.75, 3.05) is 23.8 Å². The minimum absolute atomic E-state index is 0.00388. The average Bonchev–Trinajstić information content (AvgIpc) is 3.70. The number of aliphatic hydroxyl groups is 1. The van der Waals surface area contributed by atoms with Crippen LogP contribution in [0, 0.1) is 21.7 Å². The van der Waals surface area contributed by atoms with E-state index in [0.29, 0.717) is 0 Å². The van der Waals surface area contributed by atoms with Gasteiger partial charge in [-0.1, -0.05) is 0 Å². The lowest BCUT2D eigenvalue weighted by molar-refractivity contribution is -0.383. The zero-order valence-corrected chi connectivity index (χ0v) is 20.3. The number of anilines is 2. The molecule has 3 N–H and O–H groups in total. The standard InChI is InChI=1S/C26H24F2N4O6/c1-13(33)38-12-19-18(17-4-5-30-25(29)24(17)32(35)36)10-16(27)11-21(19)31-6-7-37-22-9-15(14-2-3-14)8-20(28)23(22)26(31)34/h4-5,8-11,14,26,34H,2-3,6-7,12H2,1H3,(H2,29,30). The fourth-order valence-corrected chi connectivity index (χ4v) is 4.74. The normalized spacial score (nSPS) is 16.8. The number of pyridine rings is 1. The number of carbonyl (C=O) groups excluding carboxylic acids is 1. The Morgan fingerprint density at radius 2 is 2.05 bits per heavy atom. The van der Waals surface area contributed by atoms with Crippen molar-refractivity contribution in [1.29, 1.82) is 0 Å². The molecule has 0 bridgehead atoms. The monoisotopic (exact) mass is 526 g/mol. The first-order valence-corrected chi connectivity index (χ1v) is 11.9. The highest BCUT2D eigenvalue weighted by molar-refractivity contribution is 5.84. The van der Waals surface area contributed by atoms with E-state index in [2.05, 4.69) is 4.98 Å². The Labute approximate surface area is 215 Å². The quantitative estimate of drug-likeness (QED) is 0.272. The van der Waals surface area contributed by atoms with E-state index in [0.717, 1.165) is 30.5 Å². The summed E-state index contributed by atoms with van der Waals surface area (Å²) >= 11 is 0. The fraction of sp³-hybridized carbons (Fsp3) is 0.308. The van der Waals surface area contributed by atoms with Gasteiger partial charge in [0.15, 0.2) is 6.23 Å². The van der Waals surface area contributed by atoms with Crippen LogP contribution >= 0.6 is 0 Å². The molecule has 0 spiro atoms. The van der Waals surface area contributed by atoms with Crippen molar-refractivity contribution in [3.05, 3.63) is 75.0 Å². The molecular weight excluding hydrogens is 502 g/mol. The Bertz CT molecular complexity index is 1450. The number of fused-ring (bicyclic) bond motifs is 1. The second-order valence-electron chi connectivity index (χ2n) is 9.19. The van der Waals surface area contributed by atoms with Crippen LogP contribution in [0.2, 0.25) is 0 Å². The molecule has 12 heteroatoms. The topological polar surface area (TPSA) is 141 Å². The number of benzene rings is 2. The van der Waals surface area contributed by atoms with Crippen molar-refractivity contribution in [2.45, 2.75) is 38.5 Å². The third-order valence-electron chi connectivity index (χ3n) is 6.65. The summed E-state index contributed by atoms with van der Waals surface area (Å²) in [5, 5.41) is 23.2. The van der Waals surface area contributed by atoms with Crippen LogP contribution in [0.3, 0.4) is 0 Å². The average molecular weight is 526 g/mol. The molecule has 1 aromatic heterocycles. The molecule has 1 aliphatic carbocycles. The van der Waals surface area contributed by atoms with Crippen LogP contribution in [-0.4, -0.2) is 34.1 Å². The number of ether oxygens (including phenoxy) is 2. The Kier molecular flexibility index (Phi) is 6.57. The number of hydrogen-bond donors (Lipinski definition) is 2. The fourth-order valence-electron chi connectivity index (χ4n) is 4.74. The number of nitrogens with zero attached hydrogens (tertiary/aromatic N) is 3. The van der Waals surface area contributed by atoms with Crippen LogP contribution in [0.5, 0.6) is 5.75 Å². The summed E-state index contributed by atoms with van der Waals surface area (Å²) in [6, 6.07) is 6.50. The minimum Gasteiger partial charge on any atom is -0.491 e. The van der Waals surface area contributed by atoms with E-state index in [1.54, 1.807) is 6.07 Å². The van der Waals surface area contributed by atoms with Gasteiger partial charge in [-0.3, -0.25) is 14.9 Å². The third-order valence-corrected chi connectivity index (χ3v) is 6.65. The summed E-state index contributed by atoms with van der Waals surface area (Å²) in [6.45, 7) is 0.788. The summed E-state index contributed by atoms with van der Waals surface area (Å²) in [4.78, 5) is 27.8. The highest BCUT2D eigenvalue weighted by atomic mass is 19.1. The number of halogens is 2. The van der Waals surface area contributed by atoms with Crippen LogP contribution in [0.1, 0.15) is 48.6 Å². The molecule has 1 atom stereocenters. The second kappa shape index (κ2) is 9.86. The second-order valence-corrected chi connectivity index (χ2v) is 9.19. The zero-order valence-electron chi connectivity index (χ0n) is 20.3. The smallest absolute Gasteiger partial charge is 0.318 e. The Balaban J connectivity index is 1.68. The summed E-state index contributed by atoms with van der Waals surface area (Å²) in [6.07, 6.45) is 1.54.